The maximum atomic E-state index is 12.6. The molecule has 0 bridgehead atoms. The van der Waals surface area contributed by atoms with Crippen molar-refractivity contribution in [2.45, 2.75) is 43.3 Å². The Morgan fingerprint density at radius 1 is 0.938 bits per heavy atom. The monoisotopic (exact) mass is 446 g/mol. The van der Waals surface area contributed by atoms with Gasteiger partial charge >= 0.3 is 0 Å². The molecule has 4 rings (SSSR count). The van der Waals surface area contributed by atoms with Crippen LogP contribution in [0.3, 0.4) is 0 Å². The molecule has 3 aromatic rings. The van der Waals surface area contributed by atoms with Crippen LogP contribution in [0.2, 0.25) is 0 Å². The van der Waals surface area contributed by atoms with Gasteiger partial charge in [-0.25, -0.2) is 9.97 Å². The van der Waals surface area contributed by atoms with E-state index in [9.17, 15) is 14.4 Å². The maximum Gasteiger partial charge on any atom is 0.255 e. The lowest BCUT2D eigenvalue weighted by Gasteiger charge is -2.14. The predicted molar refractivity (Wildman–Crippen MR) is 121 cm³/mol. The molecule has 162 valence electrons. The van der Waals surface area contributed by atoms with Crippen molar-refractivity contribution in [3.63, 3.8) is 0 Å². The van der Waals surface area contributed by atoms with Gasteiger partial charge in [0.25, 0.3) is 5.91 Å². The van der Waals surface area contributed by atoms with E-state index in [0.29, 0.717) is 16.4 Å². The summed E-state index contributed by atoms with van der Waals surface area (Å²) in [6.45, 7) is 4.12. The number of imide groups is 1. The number of nitrogens with zero attached hydrogens (tertiary/aromatic N) is 3. The smallest absolute Gasteiger partial charge is 0.255 e. The third-order valence-electron chi connectivity index (χ3n) is 4.99. The maximum absolute atomic E-state index is 12.6. The Balaban J connectivity index is 1.36. The molecule has 1 aliphatic rings. The van der Waals surface area contributed by atoms with Crippen LogP contribution < -0.4 is 5.32 Å². The second kappa shape index (κ2) is 9.32. The fourth-order valence-corrected chi connectivity index (χ4v) is 4.26. The summed E-state index contributed by atoms with van der Waals surface area (Å²) in [5.74, 6) is -0.534. The van der Waals surface area contributed by atoms with Crippen LogP contribution in [-0.2, 0) is 16.1 Å². The van der Waals surface area contributed by atoms with E-state index in [1.165, 1.54) is 16.7 Å². The van der Waals surface area contributed by atoms with Crippen LogP contribution in [0.1, 0.15) is 40.2 Å². The van der Waals surface area contributed by atoms with E-state index < -0.39 is 0 Å². The van der Waals surface area contributed by atoms with Gasteiger partial charge in [0, 0.05) is 40.4 Å². The van der Waals surface area contributed by atoms with E-state index in [1.807, 2.05) is 44.2 Å². The molecular formula is C24H22N4O3S. The SMILES string of the molecule is Cc1cc(C)nc(Sc2ccc(NC(=O)c3ccc(CN4C(=O)CCC4=O)cc3)cc2)n1. The highest BCUT2D eigenvalue weighted by molar-refractivity contribution is 7.99. The molecule has 0 unspecified atom stereocenters. The number of amides is 3. The van der Waals surface area contributed by atoms with Gasteiger partial charge in [0.1, 0.15) is 0 Å². The number of aryl methyl sites for hydroxylation is 2. The first kappa shape index (κ1) is 21.7. The average Bonchev–Trinajstić information content (AvgIpc) is 3.07. The molecule has 7 nitrogen and oxygen atoms in total. The van der Waals surface area contributed by atoms with Crippen molar-refractivity contribution in [2.24, 2.45) is 0 Å². The van der Waals surface area contributed by atoms with Crippen LogP contribution in [-0.4, -0.2) is 32.6 Å². The van der Waals surface area contributed by atoms with Crippen LogP contribution in [0, 0.1) is 13.8 Å². The largest absolute Gasteiger partial charge is 0.322 e. The topological polar surface area (TPSA) is 92.3 Å². The molecule has 1 aliphatic heterocycles. The standard InChI is InChI=1S/C24H22N4O3S/c1-15-13-16(2)26-24(25-15)32-20-9-7-19(8-10-20)27-23(31)18-5-3-17(4-6-18)14-28-21(29)11-12-22(28)30/h3-10,13H,11-12,14H2,1-2H3,(H,27,31). The Labute approximate surface area is 190 Å². The first-order valence-electron chi connectivity index (χ1n) is 10.2. The predicted octanol–water partition coefficient (Wildman–Crippen LogP) is 4.15. The number of aromatic nitrogens is 2. The van der Waals surface area contributed by atoms with Crippen molar-refractivity contribution in [2.75, 3.05) is 5.32 Å². The summed E-state index contributed by atoms with van der Waals surface area (Å²) in [6, 6.07) is 16.3. The van der Waals surface area contributed by atoms with Crippen LogP contribution in [0.25, 0.3) is 0 Å². The van der Waals surface area contributed by atoms with E-state index >= 15 is 0 Å². The molecule has 2 heterocycles. The zero-order valence-corrected chi connectivity index (χ0v) is 18.6. The van der Waals surface area contributed by atoms with Crippen LogP contribution in [0.15, 0.2) is 64.6 Å². The molecule has 1 saturated heterocycles. The van der Waals surface area contributed by atoms with Crippen molar-refractivity contribution in [1.29, 1.82) is 0 Å². The normalized spacial score (nSPS) is 13.5. The second-order valence-electron chi connectivity index (χ2n) is 7.58. The number of rotatable bonds is 6. The first-order valence-corrected chi connectivity index (χ1v) is 11.0. The van der Waals surface area contributed by atoms with Gasteiger partial charge in [-0.15, -0.1) is 0 Å². The minimum Gasteiger partial charge on any atom is -0.322 e. The van der Waals surface area contributed by atoms with Crippen molar-refractivity contribution < 1.29 is 14.4 Å². The van der Waals surface area contributed by atoms with Gasteiger partial charge in [0.2, 0.25) is 11.8 Å². The van der Waals surface area contributed by atoms with E-state index in [2.05, 4.69) is 15.3 Å². The summed E-state index contributed by atoms with van der Waals surface area (Å²) in [5.41, 5.74) is 3.83. The lowest BCUT2D eigenvalue weighted by atomic mass is 10.1. The molecule has 1 N–H and O–H groups in total. The zero-order chi connectivity index (χ0) is 22.7. The number of likely N-dealkylation sites (tertiary alicyclic amines) is 1. The number of hydrogen-bond acceptors (Lipinski definition) is 6. The molecule has 32 heavy (non-hydrogen) atoms. The number of benzene rings is 2. The third-order valence-corrected chi connectivity index (χ3v) is 5.87. The van der Waals surface area contributed by atoms with Crippen molar-refractivity contribution in [3.05, 3.63) is 77.1 Å². The molecular weight excluding hydrogens is 424 g/mol. The fraction of sp³-hybridized carbons (Fsp3) is 0.208. The molecule has 1 aromatic heterocycles. The zero-order valence-electron chi connectivity index (χ0n) is 17.8. The quantitative estimate of drug-likeness (QED) is 0.452. The minimum atomic E-state index is -0.233. The van der Waals surface area contributed by atoms with Gasteiger partial charge in [-0.3, -0.25) is 19.3 Å². The highest BCUT2D eigenvalue weighted by Crippen LogP contribution is 2.26. The summed E-state index contributed by atoms with van der Waals surface area (Å²) in [5, 5.41) is 3.57. The summed E-state index contributed by atoms with van der Waals surface area (Å²) < 4.78 is 0. The number of carbonyl (C=O) groups excluding carboxylic acids is 3. The minimum absolute atomic E-state index is 0.150. The molecule has 1 fully saturated rings. The number of anilines is 1. The molecule has 0 spiro atoms. The number of carbonyl (C=O) groups is 3. The molecule has 0 radical (unpaired) electrons. The van der Waals surface area contributed by atoms with Gasteiger partial charge in [-0.2, -0.15) is 0 Å². The summed E-state index contributed by atoms with van der Waals surface area (Å²) in [6.07, 6.45) is 0.544. The Bertz CT molecular complexity index is 1140. The van der Waals surface area contributed by atoms with Gasteiger partial charge in [0.15, 0.2) is 5.16 Å². The summed E-state index contributed by atoms with van der Waals surface area (Å²) in [7, 11) is 0. The van der Waals surface area contributed by atoms with Gasteiger partial charge < -0.3 is 5.32 Å². The third kappa shape index (κ3) is 5.20. The average molecular weight is 447 g/mol. The molecule has 0 atom stereocenters. The summed E-state index contributed by atoms with van der Waals surface area (Å²) in [4.78, 5) is 47.2. The molecule has 2 aromatic carbocycles. The van der Waals surface area contributed by atoms with E-state index in [0.717, 1.165) is 21.8 Å². The number of nitrogens with one attached hydrogen (secondary N) is 1. The van der Waals surface area contributed by atoms with Gasteiger partial charge in [-0.1, -0.05) is 12.1 Å². The van der Waals surface area contributed by atoms with E-state index in [1.54, 1.807) is 24.3 Å². The van der Waals surface area contributed by atoms with Crippen molar-refractivity contribution in [3.8, 4) is 0 Å². The van der Waals surface area contributed by atoms with Crippen LogP contribution in [0.4, 0.5) is 5.69 Å². The molecule has 0 saturated carbocycles. The van der Waals surface area contributed by atoms with E-state index in [-0.39, 0.29) is 37.1 Å². The van der Waals surface area contributed by atoms with Crippen molar-refractivity contribution in [1.82, 2.24) is 14.9 Å². The Morgan fingerprint density at radius 2 is 1.53 bits per heavy atom. The first-order chi connectivity index (χ1) is 15.4. The summed E-state index contributed by atoms with van der Waals surface area (Å²) >= 11 is 1.47. The van der Waals surface area contributed by atoms with Gasteiger partial charge in [0.05, 0.1) is 6.54 Å². The van der Waals surface area contributed by atoms with Crippen LogP contribution >= 0.6 is 11.8 Å². The van der Waals surface area contributed by atoms with Crippen molar-refractivity contribution >= 4 is 35.2 Å². The Kier molecular flexibility index (Phi) is 6.32. The Morgan fingerprint density at radius 3 is 2.12 bits per heavy atom. The van der Waals surface area contributed by atoms with Gasteiger partial charge in [-0.05, 0) is 73.6 Å². The molecule has 8 heteroatoms. The lowest BCUT2D eigenvalue weighted by Crippen LogP contribution is -2.28. The van der Waals surface area contributed by atoms with Crippen LogP contribution in [0.5, 0.6) is 0 Å². The second-order valence-corrected chi connectivity index (χ2v) is 8.63. The lowest BCUT2D eigenvalue weighted by molar-refractivity contribution is -0.139. The van der Waals surface area contributed by atoms with E-state index in [4.69, 9.17) is 0 Å². The molecule has 3 amide bonds. The Hall–Kier alpha value is -3.52. The number of hydrogen-bond donors (Lipinski definition) is 1. The highest BCUT2D eigenvalue weighted by atomic mass is 32.2. The highest BCUT2D eigenvalue weighted by Gasteiger charge is 2.28. The fourth-order valence-electron chi connectivity index (χ4n) is 3.40. The molecule has 0 aliphatic carbocycles.